The lowest BCUT2D eigenvalue weighted by Crippen LogP contribution is -2.30. The molecule has 0 spiro atoms. The number of rotatable bonds is 6. The van der Waals surface area contributed by atoms with E-state index in [-0.39, 0.29) is 39.5 Å². The van der Waals surface area contributed by atoms with Gasteiger partial charge >= 0.3 is 11.9 Å². The van der Waals surface area contributed by atoms with Gasteiger partial charge in [-0.2, -0.15) is 0 Å². The monoisotopic (exact) mass is 540 g/mol. The number of ether oxygens (including phenoxy) is 2. The van der Waals surface area contributed by atoms with E-state index in [1.54, 1.807) is 24.3 Å². The molecule has 4 N–H and O–H groups in total. The van der Waals surface area contributed by atoms with Crippen LogP contribution in [-0.2, 0) is 5.41 Å². The maximum Gasteiger partial charge on any atom is 0.343 e. The number of carbonyl (C=O) groups excluding carboxylic acids is 2. The summed E-state index contributed by atoms with van der Waals surface area (Å²) in [6.07, 6.45) is 5.10. The van der Waals surface area contributed by atoms with Crippen molar-refractivity contribution in [3.05, 3.63) is 107 Å². The molecule has 4 aromatic carbocycles. The predicted molar refractivity (Wildman–Crippen MR) is 146 cm³/mol. The standard InChI is InChI=1S/C32H28O8/c33-24-14-20(15-25(34)18-24)30(37)39-28-8-4-22(5-9-28)32(12-2-1-3-13-32)23-6-10-29(11-7-23)40-31(38)21-16-26(35)19-27(36)17-21/h4-11,14-19,33-36H,1-3,12-13H2. The summed E-state index contributed by atoms with van der Waals surface area (Å²) >= 11 is 0. The minimum absolute atomic E-state index is 0.0342. The maximum atomic E-state index is 12.5. The molecule has 8 heteroatoms. The molecule has 1 saturated carbocycles. The predicted octanol–water partition coefficient (Wildman–Crippen LogP) is 6.20. The number of carbonyl (C=O) groups is 2. The van der Waals surface area contributed by atoms with Gasteiger partial charge in [0.25, 0.3) is 0 Å². The van der Waals surface area contributed by atoms with Crippen molar-refractivity contribution in [1.29, 1.82) is 0 Å². The summed E-state index contributed by atoms with van der Waals surface area (Å²) in [5.74, 6) is -1.66. The number of phenols is 4. The minimum atomic E-state index is -0.697. The van der Waals surface area contributed by atoms with Crippen molar-refractivity contribution in [2.75, 3.05) is 0 Å². The Morgan fingerprint density at radius 2 is 0.875 bits per heavy atom. The Labute approximate surface area is 230 Å². The quantitative estimate of drug-likeness (QED) is 0.168. The van der Waals surface area contributed by atoms with E-state index in [4.69, 9.17) is 9.47 Å². The van der Waals surface area contributed by atoms with Crippen LogP contribution in [-0.4, -0.2) is 32.4 Å². The van der Waals surface area contributed by atoms with Crippen molar-refractivity contribution in [2.24, 2.45) is 0 Å². The van der Waals surface area contributed by atoms with Crippen LogP contribution in [0, 0.1) is 0 Å². The first-order valence-electron chi connectivity index (χ1n) is 12.9. The minimum Gasteiger partial charge on any atom is -0.508 e. The van der Waals surface area contributed by atoms with Crippen LogP contribution in [0.4, 0.5) is 0 Å². The topological polar surface area (TPSA) is 134 Å². The largest absolute Gasteiger partial charge is 0.508 e. The summed E-state index contributed by atoms with van der Waals surface area (Å²) in [6.45, 7) is 0. The van der Waals surface area contributed by atoms with Crippen molar-refractivity contribution in [3.63, 3.8) is 0 Å². The molecular weight excluding hydrogens is 512 g/mol. The van der Waals surface area contributed by atoms with Gasteiger partial charge < -0.3 is 29.9 Å². The Bertz CT molecular complexity index is 1380. The number of phenolic OH excluding ortho intramolecular Hbond substituents is 4. The van der Waals surface area contributed by atoms with Gasteiger partial charge in [0.15, 0.2) is 0 Å². The first-order chi connectivity index (χ1) is 19.2. The number of aromatic hydroxyl groups is 4. The lowest BCUT2D eigenvalue weighted by atomic mass is 9.65. The van der Waals surface area contributed by atoms with Crippen molar-refractivity contribution in [3.8, 4) is 34.5 Å². The summed E-state index contributed by atoms with van der Waals surface area (Å²) in [7, 11) is 0. The summed E-state index contributed by atoms with van der Waals surface area (Å²) in [5.41, 5.74) is 1.94. The second kappa shape index (κ2) is 11.0. The van der Waals surface area contributed by atoms with Crippen molar-refractivity contribution in [2.45, 2.75) is 37.5 Å². The molecule has 1 aliphatic rings. The molecule has 0 unspecified atom stereocenters. The van der Waals surface area contributed by atoms with E-state index in [1.807, 2.05) is 24.3 Å². The molecule has 0 aliphatic heterocycles. The van der Waals surface area contributed by atoms with Crippen LogP contribution in [0.25, 0.3) is 0 Å². The van der Waals surface area contributed by atoms with E-state index in [9.17, 15) is 30.0 Å². The molecule has 4 aromatic rings. The molecule has 0 saturated heterocycles. The molecule has 40 heavy (non-hydrogen) atoms. The fourth-order valence-electron chi connectivity index (χ4n) is 5.34. The molecule has 0 aromatic heterocycles. The zero-order valence-corrected chi connectivity index (χ0v) is 21.5. The SMILES string of the molecule is O=C(Oc1ccc(C2(c3ccc(OC(=O)c4cc(O)cc(O)c4)cc3)CCCCC2)cc1)c1cc(O)cc(O)c1. The Kier molecular flexibility index (Phi) is 7.33. The molecule has 204 valence electrons. The van der Waals surface area contributed by atoms with Gasteiger partial charge in [-0.1, -0.05) is 43.5 Å². The molecular formula is C32H28O8. The highest BCUT2D eigenvalue weighted by Crippen LogP contribution is 2.45. The average molecular weight is 541 g/mol. The van der Waals surface area contributed by atoms with Crippen molar-refractivity contribution < 1.29 is 39.5 Å². The van der Waals surface area contributed by atoms with E-state index in [2.05, 4.69) is 0 Å². The van der Waals surface area contributed by atoms with Gasteiger partial charge in [0.05, 0.1) is 11.1 Å². The third kappa shape index (κ3) is 5.71. The van der Waals surface area contributed by atoms with E-state index in [1.165, 1.54) is 24.3 Å². The van der Waals surface area contributed by atoms with Gasteiger partial charge in [-0.05, 0) is 72.5 Å². The van der Waals surface area contributed by atoms with E-state index in [0.717, 1.165) is 55.4 Å². The molecule has 0 amide bonds. The number of hydrogen-bond donors (Lipinski definition) is 4. The van der Waals surface area contributed by atoms with Crippen LogP contribution < -0.4 is 9.47 Å². The Morgan fingerprint density at radius 3 is 1.23 bits per heavy atom. The van der Waals surface area contributed by atoms with Gasteiger partial charge in [-0.15, -0.1) is 0 Å². The molecule has 0 heterocycles. The molecule has 1 fully saturated rings. The van der Waals surface area contributed by atoms with Gasteiger partial charge in [0, 0.05) is 17.5 Å². The summed E-state index contributed by atoms with van der Waals surface area (Å²) in [6, 6.07) is 21.8. The van der Waals surface area contributed by atoms with Gasteiger partial charge in [-0.25, -0.2) is 9.59 Å². The number of esters is 2. The van der Waals surface area contributed by atoms with E-state index in [0.29, 0.717) is 11.5 Å². The fraction of sp³-hybridized carbons (Fsp3) is 0.188. The fourth-order valence-corrected chi connectivity index (χ4v) is 5.34. The van der Waals surface area contributed by atoms with Crippen LogP contribution in [0.15, 0.2) is 84.9 Å². The van der Waals surface area contributed by atoms with E-state index >= 15 is 0 Å². The molecule has 0 radical (unpaired) electrons. The van der Waals surface area contributed by atoms with Gasteiger partial charge in [0.1, 0.15) is 34.5 Å². The average Bonchev–Trinajstić information content (AvgIpc) is 2.93. The molecule has 0 atom stereocenters. The Hall–Kier alpha value is -4.98. The normalized spacial score (nSPS) is 14.3. The Morgan fingerprint density at radius 1 is 0.525 bits per heavy atom. The highest BCUT2D eigenvalue weighted by atomic mass is 16.5. The van der Waals surface area contributed by atoms with Crippen molar-refractivity contribution >= 4 is 11.9 Å². The van der Waals surface area contributed by atoms with Crippen LogP contribution >= 0.6 is 0 Å². The maximum absolute atomic E-state index is 12.5. The Balaban J connectivity index is 1.34. The number of benzene rings is 4. The second-order valence-electron chi connectivity index (χ2n) is 9.95. The highest BCUT2D eigenvalue weighted by molar-refractivity contribution is 5.92. The summed E-state index contributed by atoms with van der Waals surface area (Å²) in [4.78, 5) is 25.0. The zero-order chi connectivity index (χ0) is 28.3. The third-order valence-electron chi connectivity index (χ3n) is 7.22. The third-order valence-corrected chi connectivity index (χ3v) is 7.22. The van der Waals surface area contributed by atoms with Gasteiger partial charge in [-0.3, -0.25) is 0 Å². The molecule has 1 aliphatic carbocycles. The van der Waals surface area contributed by atoms with Crippen LogP contribution in [0.5, 0.6) is 34.5 Å². The van der Waals surface area contributed by atoms with Gasteiger partial charge in [0.2, 0.25) is 0 Å². The van der Waals surface area contributed by atoms with Crippen molar-refractivity contribution in [1.82, 2.24) is 0 Å². The molecule has 8 nitrogen and oxygen atoms in total. The van der Waals surface area contributed by atoms with Crippen LogP contribution in [0.1, 0.15) is 63.9 Å². The first-order valence-corrected chi connectivity index (χ1v) is 12.9. The van der Waals surface area contributed by atoms with E-state index < -0.39 is 11.9 Å². The summed E-state index contributed by atoms with van der Waals surface area (Å²) in [5, 5.41) is 38.6. The highest BCUT2D eigenvalue weighted by Gasteiger charge is 2.35. The first kappa shape index (κ1) is 26.6. The smallest absolute Gasteiger partial charge is 0.343 e. The van der Waals surface area contributed by atoms with Crippen LogP contribution in [0.2, 0.25) is 0 Å². The summed E-state index contributed by atoms with van der Waals surface area (Å²) < 4.78 is 10.9. The zero-order valence-electron chi connectivity index (χ0n) is 21.5. The molecule has 5 rings (SSSR count). The lowest BCUT2D eigenvalue weighted by molar-refractivity contribution is 0.0724. The van der Waals surface area contributed by atoms with Crippen LogP contribution in [0.3, 0.4) is 0 Å². The molecule has 0 bridgehead atoms. The lowest BCUT2D eigenvalue weighted by Gasteiger charge is -2.38. The second-order valence-corrected chi connectivity index (χ2v) is 9.95. The number of hydrogen-bond acceptors (Lipinski definition) is 8.